The molecule has 1 aliphatic carbocycles. The van der Waals surface area contributed by atoms with Gasteiger partial charge in [-0.15, -0.1) is 11.3 Å². The van der Waals surface area contributed by atoms with Gasteiger partial charge in [0.05, 0.1) is 6.54 Å². The number of para-hydroxylation sites is 1. The predicted octanol–water partition coefficient (Wildman–Crippen LogP) is 3.95. The zero-order valence-electron chi connectivity index (χ0n) is 12.5. The Morgan fingerprint density at radius 2 is 1.95 bits per heavy atom. The lowest BCUT2D eigenvalue weighted by Crippen LogP contribution is -2.28. The quantitative estimate of drug-likeness (QED) is 0.899. The maximum Gasteiger partial charge on any atom is 0.0526 e. The Labute approximate surface area is 130 Å². The molecule has 0 amide bonds. The third-order valence-electron chi connectivity index (χ3n) is 4.53. The summed E-state index contributed by atoms with van der Waals surface area (Å²) in [6.45, 7) is 4.43. The first-order valence-electron chi connectivity index (χ1n) is 7.95. The Balaban J connectivity index is 1.45. The van der Waals surface area contributed by atoms with Crippen LogP contribution < -0.4 is 10.2 Å². The summed E-state index contributed by atoms with van der Waals surface area (Å²) in [7, 11) is 0. The maximum atomic E-state index is 3.60. The van der Waals surface area contributed by atoms with Gasteiger partial charge >= 0.3 is 0 Å². The average molecular weight is 298 g/mol. The highest BCUT2D eigenvalue weighted by Gasteiger charge is 2.25. The summed E-state index contributed by atoms with van der Waals surface area (Å²) in [4.78, 5) is 5.50. The number of hydrogen-bond donors (Lipinski definition) is 1. The van der Waals surface area contributed by atoms with Crippen LogP contribution in [0, 0.1) is 0 Å². The van der Waals surface area contributed by atoms with Crippen LogP contribution in [0.15, 0.2) is 36.4 Å². The molecule has 1 fully saturated rings. The molecular formula is C18H22N2S. The standard InChI is InChI=1S/C18H22N2S/c1-13-10-14-4-2-3-5-18(14)20(13)12-17-9-8-16(21-17)11-19-15-6-7-15/h2-5,8-9,13,15,19H,6-7,10-12H2,1H3. The predicted molar refractivity (Wildman–Crippen MR) is 90.0 cm³/mol. The fraction of sp³-hybridized carbons (Fsp3) is 0.444. The molecule has 4 rings (SSSR count). The van der Waals surface area contributed by atoms with Crippen molar-refractivity contribution in [3.05, 3.63) is 51.7 Å². The monoisotopic (exact) mass is 298 g/mol. The van der Waals surface area contributed by atoms with Crippen LogP contribution in [0.5, 0.6) is 0 Å². The highest BCUT2D eigenvalue weighted by Crippen LogP contribution is 2.34. The molecule has 21 heavy (non-hydrogen) atoms. The molecule has 0 saturated heterocycles. The highest BCUT2D eigenvalue weighted by molar-refractivity contribution is 7.12. The third-order valence-corrected chi connectivity index (χ3v) is 5.60. The van der Waals surface area contributed by atoms with Crippen molar-refractivity contribution in [2.45, 2.75) is 51.4 Å². The Morgan fingerprint density at radius 3 is 2.81 bits per heavy atom. The molecule has 1 aromatic carbocycles. The molecule has 1 atom stereocenters. The molecular weight excluding hydrogens is 276 g/mol. The molecule has 1 unspecified atom stereocenters. The van der Waals surface area contributed by atoms with Crippen LogP contribution >= 0.6 is 11.3 Å². The third kappa shape index (κ3) is 2.85. The fourth-order valence-corrected chi connectivity index (χ4v) is 4.14. The zero-order valence-corrected chi connectivity index (χ0v) is 13.3. The minimum atomic E-state index is 0.609. The second kappa shape index (κ2) is 5.47. The molecule has 1 aromatic heterocycles. The Bertz CT molecular complexity index is 630. The van der Waals surface area contributed by atoms with Crippen LogP contribution in [0.3, 0.4) is 0 Å². The van der Waals surface area contributed by atoms with E-state index in [1.165, 1.54) is 40.3 Å². The van der Waals surface area contributed by atoms with Crippen molar-refractivity contribution < 1.29 is 0 Å². The van der Waals surface area contributed by atoms with Gasteiger partial charge in [0.15, 0.2) is 0 Å². The number of rotatable bonds is 5. The van der Waals surface area contributed by atoms with Crippen molar-refractivity contribution in [1.82, 2.24) is 5.32 Å². The molecule has 0 radical (unpaired) electrons. The minimum absolute atomic E-state index is 0.609. The van der Waals surface area contributed by atoms with E-state index in [1.54, 1.807) is 0 Å². The molecule has 0 bridgehead atoms. The number of anilines is 1. The van der Waals surface area contributed by atoms with Crippen LogP contribution in [-0.2, 0) is 19.5 Å². The van der Waals surface area contributed by atoms with Gasteiger partial charge in [0, 0.05) is 34.1 Å². The van der Waals surface area contributed by atoms with Crippen LogP contribution in [0.1, 0.15) is 35.1 Å². The molecule has 0 spiro atoms. The molecule has 1 aliphatic heterocycles. The van der Waals surface area contributed by atoms with Gasteiger partial charge in [0.2, 0.25) is 0 Å². The second-order valence-corrected chi connectivity index (χ2v) is 7.59. The van der Waals surface area contributed by atoms with Gasteiger partial charge in [-0.2, -0.15) is 0 Å². The number of nitrogens with one attached hydrogen (secondary N) is 1. The van der Waals surface area contributed by atoms with Crippen LogP contribution in [0.25, 0.3) is 0 Å². The highest BCUT2D eigenvalue weighted by atomic mass is 32.1. The lowest BCUT2D eigenvalue weighted by molar-refractivity contribution is 0.676. The molecule has 1 N–H and O–H groups in total. The SMILES string of the molecule is CC1Cc2ccccc2N1Cc1ccc(CNC2CC2)s1. The minimum Gasteiger partial charge on any atom is -0.363 e. The summed E-state index contributed by atoms with van der Waals surface area (Å²) in [5, 5.41) is 3.60. The first kappa shape index (κ1) is 13.4. The zero-order chi connectivity index (χ0) is 14.2. The van der Waals surface area contributed by atoms with E-state index in [9.17, 15) is 0 Å². The summed E-state index contributed by atoms with van der Waals surface area (Å²) in [6, 6.07) is 14.8. The lowest BCUT2D eigenvalue weighted by Gasteiger charge is -2.24. The first-order chi connectivity index (χ1) is 10.3. The van der Waals surface area contributed by atoms with Gasteiger partial charge in [-0.3, -0.25) is 0 Å². The van der Waals surface area contributed by atoms with E-state index < -0.39 is 0 Å². The van der Waals surface area contributed by atoms with E-state index in [2.05, 4.69) is 53.5 Å². The number of fused-ring (bicyclic) bond motifs is 1. The summed E-state index contributed by atoms with van der Waals surface area (Å²) in [5.41, 5.74) is 2.92. The van der Waals surface area contributed by atoms with E-state index in [1.807, 2.05) is 11.3 Å². The van der Waals surface area contributed by atoms with Crippen molar-refractivity contribution in [1.29, 1.82) is 0 Å². The maximum absolute atomic E-state index is 3.60. The Kier molecular flexibility index (Phi) is 3.48. The summed E-state index contributed by atoms with van der Waals surface area (Å²) >= 11 is 1.96. The van der Waals surface area contributed by atoms with Gasteiger partial charge in [-0.25, -0.2) is 0 Å². The summed E-state index contributed by atoms with van der Waals surface area (Å²) < 4.78 is 0. The lowest BCUT2D eigenvalue weighted by atomic mass is 10.1. The molecule has 2 heterocycles. The van der Waals surface area contributed by atoms with Crippen LogP contribution in [0.4, 0.5) is 5.69 Å². The molecule has 2 aliphatic rings. The number of benzene rings is 1. The topological polar surface area (TPSA) is 15.3 Å². The molecule has 2 aromatic rings. The van der Waals surface area contributed by atoms with Crippen molar-refractivity contribution in [2.24, 2.45) is 0 Å². The first-order valence-corrected chi connectivity index (χ1v) is 8.77. The smallest absolute Gasteiger partial charge is 0.0526 e. The van der Waals surface area contributed by atoms with E-state index in [4.69, 9.17) is 0 Å². The van der Waals surface area contributed by atoms with Crippen molar-refractivity contribution in [2.75, 3.05) is 4.90 Å². The van der Waals surface area contributed by atoms with E-state index in [0.717, 1.165) is 19.1 Å². The molecule has 2 nitrogen and oxygen atoms in total. The van der Waals surface area contributed by atoms with E-state index in [0.29, 0.717) is 6.04 Å². The van der Waals surface area contributed by atoms with Crippen molar-refractivity contribution in [3.63, 3.8) is 0 Å². The Hall–Kier alpha value is -1.32. The number of nitrogens with zero attached hydrogens (tertiary/aromatic N) is 1. The summed E-state index contributed by atoms with van der Waals surface area (Å²) in [6.07, 6.45) is 3.90. The molecule has 3 heteroatoms. The van der Waals surface area contributed by atoms with E-state index in [-0.39, 0.29) is 0 Å². The van der Waals surface area contributed by atoms with Crippen LogP contribution in [-0.4, -0.2) is 12.1 Å². The number of hydrogen-bond acceptors (Lipinski definition) is 3. The van der Waals surface area contributed by atoms with Crippen LogP contribution in [0.2, 0.25) is 0 Å². The van der Waals surface area contributed by atoms with Crippen molar-refractivity contribution >= 4 is 17.0 Å². The van der Waals surface area contributed by atoms with Crippen molar-refractivity contribution in [3.8, 4) is 0 Å². The van der Waals surface area contributed by atoms with Gasteiger partial charge in [-0.05, 0) is 49.9 Å². The fourth-order valence-electron chi connectivity index (χ4n) is 3.17. The average Bonchev–Trinajstić information content (AvgIpc) is 3.13. The summed E-state index contributed by atoms with van der Waals surface area (Å²) in [5.74, 6) is 0. The van der Waals surface area contributed by atoms with Gasteiger partial charge < -0.3 is 10.2 Å². The van der Waals surface area contributed by atoms with E-state index >= 15 is 0 Å². The van der Waals surface area contributed by atoms with Gasteiger partial charge in [0.1, 0.15) is 0 Å². The largest absolute Gasteiger partial charge is 0.363 e. The number of thiophene rings is 1. The van der Waals surface area contributed by atoms with Gasteiger partial charge in [-0.1, -0.05) is 18.2 Å². The molecule has 1 saturated carbocycles. The molecule has 110 valence electrons. The normalized spacial score (nSPS) is 20.8. The Morgan fingerprint density at radius 1 is 1.14 bits per heavy atom. The van der Waals surface area contributed by atoms with Gasteiger partial charge in [0.25, 0.3) is 0 Å². The second-order valence-electron chi connectivity index (χ2n) is 6.33.